The van der Waals surface area contributed by atoms with Crippen LogP contribution in [0.2, 0.25) is 0 Å². The van der Waals surface area contributed by atoms with Gasteiger partial charge in [-0.05, 0) is 18.6 Å². The van der Waals surface area contributed by atoms with Crippen molar-refractivity contribution in [3.8, 4) is 0 Å². The van der Waals surface area contributed by atoms with Crippen molar-refractivity contribution in [2.24, 2.45) is 0 Å². The van der Waals surface area contributed by atoms with Crippen LogP contribution >= 0.6 is 0 Å². The first kappa shape index (κ1) is 11.3. The van der Waals surface area contributed by atoms with Crippen LogP contribution in [0, 0.1) is 10.1 Å². The second kappa shape index (κ2) is 4.63. The average molecular weight is 209 g/mol. The number of nitrogens with zero attached hydrogens (tertiary/aromatic N) is 2. The van der Waals surface area contributed by atoms with Gasteiger partial charge in [0, 0.05) is 25.3 Å². The smallest absolute Gasteiger partial charge is 0.292 e. The molecule has 5 nitrogen and oxygen atoms in total. The highest BCUT2D eigenvalue weighted by atomic mass is 16.6. The van der Waals surface area contributed by atoms with Gasteiger partial charge in [-0.1, -0.05) is 6.92 Å². The summed E-state index contributed by atoms with van der Waals surface area (Å²) < 4.78 is 0. The number of benzene rings is 1. The number of nitrogen functional groups attached to an aromatic ring is 1. The predicted octanol–water partition coefficient (Wildman–Crippen LogP) is 2.02. The number of hydrogen-bond acceptors (Lipinski definition) is 4. The van der Waals surface area contributed by atoms with Gasteiger partial charge in [0.2, 0.25) is 0 Å². The van der Waals surface area contributed by atoms with E-state index < -0.39 is 4.92 Å². The van der Waals surface area contributed by atoms with Crippen LogP contribution in [0.15, 0.2) is 18.2 Å². The molecule has 0 radical (unpaired) electrons. The van der Waals surface area contributed by atoms with Gasteiger partial charge in [-0.2, -0.15) is 0 Å². The Morgan fingerprint density at radius 2 is 2.20 bits per heavy atom. The molecule has 2 N–H and O–H groups in total. The minimum atomic E-state index is -0.473. The summed E-state index contributed by atoms with van der Waals surface area (Å²) in [7, 11) is 1.93. The Bertz CT molecular complexity index is 366. The maximum Gasteiger partial charge on any atom is 0.292 e. The van der Waals surface area contributed by atoms with E-state index >= 15 is 0 Å². The number of nitro benzene ring substituents is 1. The van der Waals surface area contributed by atoms with Crippen molar-refractivity contribution in [1.29, 1.82) is 0 Å². The molecule has 0 heterocycles. The van der Waals surface area contributed by atoms with Gasteiger partial charge in [-0.3, -0.25) is 10.1 Å². The van der Waals surface area contributed by atoms with Gasteiger partial charge in [-0.15, -0.1) is 0 Å². The summed E-state index contributed by atoms with van der Waals surface area (Å²) in [5.74, 6) is 0. The van der Waals surface area contributed by atoms with Gasteiger partial charge in [0.1, 0.15) is 5.69 Å². The third kappa shape index (κ3) is 2.59. The summed E-state index contributed by atoms with van der Waals surface area (Å²) in [6.07, 6.45) is 1.02. The van der Waals surface area contributed by atoms with E-state index in [1.54, 1.807) is 12.1 Å². The zero-order valence-electron chi connectivity index (χ0n) is 8.93. The monoisotopic (exact) mass is 209 g/mol. The quantitative estimate of drug-likeness (QED) is 0.467. The molecule has 0 aliphatic heterocycles. The Morgan fingerprint density at radius 1 is 1.53 bits per heavy atom. The van der Waals surface area contributed by atoms with Crippen molar-refractivity contribution >= 4 is 17.1 Å². The third-order valence-corrected chi connectivity index (χ3v) is 2.21. The molecular weight excluding hydrogens is 194 g/mol. The molecule has 0 saturated carbocycles. The molecule has 0 spiro atoms. The first-order valence-corrected chi connectivity index (χ1v) is 4.81. The molecule has 0 saturated heterocycles. The lowest BCUT2D eigenvalue weighted by Crippen LogP contribution is -2.17. The summed E-state index contributed by atoms with van der Waals surface area (Å²) in [4.78, 5) is 12.1. The van der Waals surface area contributed by atoms with E-state index in [1.165, 1.54) is 6.07 Å². The highest BCUT2D eigenvalue weighted by Crippen LogP contribution is 2.26. The highest BCUT2D eigenvalue weighted by molar-refractivity contribution is 5.66. The number of anilines is 2. The van der Waals surface area contributed by atoms with Gasteiger partial charge in [-0.25, -0.2) is 0 Å². The molecule has 0 aliphatic rings. The summed E-state index contributed by atoms with van der Waals surface area (Å²) in [5, 5.41) is 10.5. The van der Waals surface area contributed by atoms with Gasteiger partial charge in [0.15, 0.2) is 0 Å². The summed E-state index contributed by atoms with van der Waals surface area (Å²) in [5.41, 5.74) is 6.66. The number of nitrogens with two attached hydrogens (primary N) is 1. The number of nitro groups is 1. The molecule has 15 heavy (non-hydrogen) atoms. The first-order chi connectivity index (χ1) is 7.06. The van der Waals surface area contributed by atoms with E-state index in [-0.39, 0.29) is 11.4 Å². The summed E-state index contributed by atoms with van der Waals surface area (Å²) in [6.45, 7) is 2.97. The van der Waals surface area contributed by atoms with Crippen LogP contribution < -0.4 is 10.6 Å². The Kier molecular flexibility index (Phi) is 3.49. The number of rotatable bonds is 4. The SMILES string of the molecule is CCCN(C)c1ccc([N+](=O)[O-])c(N)c1. The minimum Gasteiger partial charge on any atom is -0.393 e. The average Bonchev–Trinajstić information content (AvgIpc) is 2.17. The third-order valence-electron chi connectivity index (χ3n) is 2.21. The van der Waals surface area contributed by atoms with Crippen molar-refractivity contribution in [1.82, 2.24) is 0 Å². The Hall–Kier alpha value is -1.78. The lowest BCUT2D eigenvalue weighted by atomic mass is 10.2. The summed E-state index contributed by atoms with van der Waals surface area (Å²) in [6, 6.07) is 4.79. The molecule has 5 heteroatoms. The van der Waals surface area contributed by atoms with Crippen molar-refractivity contribution in [2.45, 2.75) is 13.3 Å². The Morgan fingerprint density at radius 3 is 2.67 bits per heavy atom. The van der Waals surface area contributed by atoms with Crippen molar-refractivity contribution < 1.29 is 4.92 Å². The van der Waals surface area contributed by atoms with E-state index in [2.05, 4.69) is 6.92 Å². The fourth-order valence-corrected chi connectivity index (χ4v) is 1.41. The molecule has 0 fully saturated rings. The van der Waals surface area contributed by atoms with Crippen molar-refractivity contribution in [3.05, 3.63) is 28.3 Å². The van der Waals surface area contributed by atoms with Gasteiger partial charge >= 0.3 is 0 Å². The summed E-state index contributed by atoms with van der Waals surface area (Å²) >= 11 is 0. The van der Waals surface area contributed by atoms with E-state index in [1.807, 2.05) is 11.9 Å². The second-order valence-corrected chi connectivity index (χ2v) is 3.42. The van der Waals surface area contributed by atoms with Crippen LogP contribution in [0.1, 0.15) is 13.3 Å². The van der Waals surface area contributed by atoms with Crippen molar-refractivity contribution in [3.63, 3.8) is 0 Å². The molecule has 82 valence electrons. The van der Waals surface area contributed by atoms with Crippen LogP contribution in [0.3, 0.4) is 0 Å². The largest absolute Gasteiger partial charge is 0.393 e. The molecule has 0 amide bonds. The normalized spacial score (nSPS) is 10.0. The molecule has 1 aromatic carbocycles. The molecule has 1 aromatic rings. The van der Waals surface area contributed by atoms with E-state index in [4.69, 9.17) is 5.73 Å². The zero-order valence-corrected chi connectivity index (χ0v) is 8.93. The fraction of sp³-hybridized carbons (Fsp3) is 0.400. The molecular formula is C10H15N3O2. The molecule has 0 aromatic heterocycles. The zero-order chi connectivity index (χ0) is 11.4. The van der Waals surface area contributed by atoms with E-state index in [0.717, 1.165) is 18.7 Å². The Balaban J connectivity index is 2.96. The van der Waals surface area contributed by atoms with Crippen LogP contribution in [-0.4, -0.2) is 18.5 Å². The standard InChI is InChI=1S/C10H15N3O2/c1-3-6-12(2)8-4-5-10(13(14)15)9(11)7-8/h4-5,7H,3,6,11H2,1-2H3. The molecule has 0 unspecified atom stereocenters. The number of hydrogen-bond donors (Lipinski definition) is 1. The first-order valence-electron chi connectivity index (χ1n) is 4.81. The second-order valence-electron chi connectivity index (χ2n) is 3.42. The van der Waals surface area contributed by atoms with Gasteiger partial charge in [0.05, 0.1) is 4.92 Å². The fourth-order valence-electron chi connectivity index (χ4n) is 1.41. The molecule has 0 atom stereocenters. The van der Waals surface area contributed by atoms with Crippen molar-refractivity contribution in [2.75, 3.05) is 24.2 Å². The predicted molar refractivity (Wildman–Crippen MR) is 61.1 cm³/mol. The van der Waals surface area contributed by atoms with Crippen LogP contribution in [0.25, 0.3) is 0 Å². The van der Waals surface area contributed by atoms with Crippen LogP contribution in [0.4, 0.5) is 17.1 Å². The highest BCUT2D eigenvalue weighted by Gasteiger charge is 2.12. The van der Waals surface area contributed by atoms with Gasteiger partial charge < -0.3 is 10.6 Å². The topological polar surface area (TPSA) is 72.4 Å². The van der Waals surface area contributed by atoms with Crippen LogP contribution in [0.5, 0.6) is 0 Å². The van der Waals surface area contributed by atoms with Gasteiger partial charge in [0.25, 0.3) is 5.69 Å². The lowest BCUT2D eigenvalue weighted by molar-refractivity contribution is -0.383. The Labute approximate surface area is 88.6 Å². The molecule has 0 aliphatic carbocycles. The minimum absolute atomic E-state index is 0.0383. The maximum atomic E-state index is 10.5. The lowest BCUT2D eigenvalue weighted by Gasteiger charge is -2.18. The van der Waals surface area contributed by atoms with E-state index in [0.29, 0.717) is 0 Å². The maximum absolute atomic E-state index is 10.5. The molecule has 0 bridgehead atoms. The van der Waals surface area contributed by atoms with E-state index in [9.17, 15) is 10.1 Å². The van der Waals surface area contributed by atoms with Crippen LogP contribution in [-0.2, 0) is 0 Å². The molecule has 1 rings (SSSR count).